The van der Waals surface area contributed by atoms with Crippen LogP contribution in [0, 0.1) is 0 Å². The maximum Gasteiger partial charge on any atom is 0.234 e. The second kappa shape index (κ2) is 6.93. The number of nitrogens with zero attached hydrogens (tertiary/aromatic N) is 1. The number of carbonyl (C=O) groups excluding carboxylic acids is 1. The lowest BCUT2D eigenvalue weighted by Gasteiger charge is -2.27. The fourth-order valence-electron chi connectivity index (χ4n) is 2.38. The van der Waals surface area contributed by atoms with Crippen LogP contribution in [0.4, 0.5) is 0 Å². The van der Waals surface area contributed by atoms with Gasteiger partial charge in [0.05, 0.1) is 13.2 Å². The van der Waals surface area contributed by atoms with Crippen LogP contribution >= 0.6 is 0 Å². The molecule has 1 amide bonds. The molecule has 0 saturated carbocycles. The quantitative estimate of drug-likeness (QED) is 0.742. The summed E-state index contributed by atoms with van der Waals surface area (Å²) < 4.78 is 5.23. The van der Waals surface area contributed by atoms with E-state index in [0.29, 0.717) is 25.7 Å². The Bertz CT molecular complexity index is 236. The Morgan fingerprint density at radius 3 is 2.88 bits per heavy atom. The average Bonchev–Trinajstić information content (AvgIpc) is 2.39. The Morgan fingerprint density at radius 2 is 2.18 bits per heavy atom. The molecule has 0 aromatic carbocycles. The maximum absolute atomic E-state index is 11.7. The number of nitrogens with one attached hydrogen (secondary N) is 2. The van der Waals surface area contributed by atoms with Gasteiger partial charge >= 0.3 is 0 Å². The second-order valence-electron chi connectivity index (χ2n) is 4.82. The first-order valence-electron chi connectivity index (χ1n) is 6.70. The van der Waals surface area contributed by atoms with Crippen molar-refractivity contribution in [1.29, 1.82) is 0 Å². The zero-order valence-electron chi connectivity index (χ0n) is 10.4. The Labute approximate surface area is 103 Å². The zero-order valence-corrected chi connectivity index (χ0v) is 10.4. The molecule has 5 heteroatoms. The van der Waals surface area contributed by atoms with E-state index in [1.807, 2.05) is 5.01 Å². The molecule has 2 aliphatic heterocycles. The van der Waals surface area contributed by atoms with E-state index in [-0.39, 0.29) is 5.91 Å². The summed E-state index contributed by atoms with van der Waals surface area (Å²) in [5.41, 5.74) is 2.95. The maximum atomic E-state index is 11.7. The number of amides is 1. The van der Waals surface area contributed by atoms with Gasteiger partial charge in [0.25, 0.3) is 0 Å². The van der Waals surface area contributed by atoms with Crippen LogP contribution in [0.2, 0.25) is 0 Å². The summed E-state index contributed by atoms with van der Waals surface area (Å²) in [6.45, 7) is 4.13. The number of rotatable bonds is 4. The zero-order chi connectivity index (χ0) is 11.9. The monoisotopic (exact) mass is 241 g/mol. The largest absolute Gasteiger partial charge is 0.379 e. The number of morpholine rings is 1. The Balaban J connectivity index is 1.59. The minimum atomic E-state index is 0.138. The van der Waals surface area contributed by atoms with E-state index in [4.69, 9.17) is 4.74 Å². The minimum absolute atomic E-state index is 0.138. The molecular weight excluding hydrogens is 218 g/mol. The predicted molar refractivity (Wildman–Crippen MR) is 65.4 cm³/mol. The second-order valence-corrected chi connectivity index (χ2v) is 4.82. The van der Waals surface area contributed by atoms with E-state index in [0.717, 1.165) is 26.1 Å². The highest BCUT2D eigenvalue weighted by Gasteiger charge is 2.16. The summed E-state index contributed by atoms with van der Waals surface area (Å²) in [7, 11) is 0. The molecule has 5 nitrogen and oxygen atoms in total. The molecule has 2 saturated heterocycles. The first kappa shape index (κ1) is 12.8. The molecule has 0 aliphatic carbocycles. The Morgan fingerprint density at radius 1 is 1.35 bits per heavy atom. The van der Waals surface area contributed by atoms with Crippen LogP contribution in [0.15, 0.2) is 0 Å². The fourth-order valence-corrected chi connectivity index (χ4v) is 2.38. The molecule has 2 heterocycles. The van der Waals surface area contributed by atoms with Gasteiger partial charge in [0.1, 0.15) is 0 Å². The SMILES string of the molecule is O=C(CCC1CCCCN1)NN1CCOCC1. The smallest absolute Gasteiger partial charge is 0.234 e. The molecule has 0 radical (unpaired) electrons. The van der Waals surface area contributed by atoms with Gasteiger partial charge in [0.2, 0.25) is 5.91 Å². The molecule has 2 aliphatic rings. The van der Waals surface area contributed by atoms with Crippen molar-refractivity contribution in [2.24, 2.45) is 0 Å². The van der Waals surface area contributed by atoms with Gasteiger partial charge in [-0.2, -0.15) is 0 Å². The normalized spacial score (nSPS) is 26.7. The van der Waals surface area contributed by atoms with Gasteiger partial charge < -0.3 is 10.1 Å². The van der Waals surface area contributed by atoms with Crippen molar-refractivity contribution in [1.82, 2.24) is 15.8 Å². The molecule has 2 N–H and O–H groups in total. The topological polar surface area (TPSA) is 53.6 Å². The van der Waals surface area contributed by atoms with Gasteiger partial charge in [-0.1, -0.05) is 6.42 Å². The summed E-state index contributed by atoms with van der Waals surface area (Å²) >= 11 is 0. The van der Waals surface area contributed by atoms with Gasteiger partial charge in [0, 0.05) is 25.6 Å². The standard InChI is InChI=1S/C12H23N3O2/c16-12(14-15-7-9-17-10-8-15)5-4-11-3-1-2-6-13-11/h11,13H,1-10H2,(H,14,16). The molecule has 1 unspecified atom stereocenters. The van der Waals surface area contributed by atoms with Gasteiger partial charge in [0.15, 0.2) is 0 Å². The molecule has 17 heavy (non-hydrogen) atoms. The predicted octanol–water partition coefficient (Wildman–Crippen LogP) is 0.272. The third-order valence-electron chi connectivity index (χ3n) is 3.43. The van der Waals surface area contributed by atoms with Crippen LogP contribution in [0.3, 0.4) is 0 Å². The number of piperidine rings is 1. The lowest BCUT2D eigenvalue weighted by atomic mass is 10.0. The van der Waals surface area contributed by atoms with Crippen LogP contribution in [0.1, 0.15) is 32.1 Å². The van der Waals surface area contributed by atoms with E-state index < -0.39 is 0 Å². The van der Waals surface area contributed by atoms with Crippen molar-refractivity contribution in [3.63, 3.8) is 0 Å². The third-order valence-corrected chi connectivity index (χ3v) is 3.43. The Hall–Kier alpha value is -0.650. The summed E-state index contributed by atoms with van der Waals surface area (Å²) in [4.78, 5) is 11.7. The van der Waals surface area contributed by atoms with E-state index in [2.05, 4.69) is 10.7 Å². The average molecular weight is 241 g/mol. The lowest BCUT2D eigenvalue weighted by molar-refractivity contribution is -0.128. The molecule has 0 bridgehead atoms. The van der Waals surface area contributed by atoms with E-state index in [1.54, 1.807) is 0 Å². The summed E-state index contributed by atoms with van der Waals surface area (Å²) in [6, 6.07) is 0.541. The highest BCUT2D eigenvalue weighted by atomic mass is 16.5. The lowest BCUT2D eigenvalue weighted by Crippen LogP contribution is -2.48. The molecule has 98 valence electrons. The first-order valence-corrected chi connectivity index (χ1v) is 6.70. The van der Waals surface area contributed by atoms with Crippen molar-refractivity contribution in [2.75, 3.05) is 32.8 Å². The van der Waals surface area contributed by atoms with E-state index in [9.17, 15) is 4.79 Å². The van der Waals surface area contributed by atoms with Crippen molar-refractivity contribution >= 4 is 5.91 Å². The highest BCUT2D eigenvalue weighted by Crippen LogP contribution is 2.11. The van der Waals surface area contributed by atoms with Crippen molar-refractivity contribution in [2.45, 2.75) is 38.1 Å². The number of hydrogen-bond donors (Lipinski definition) is 2. The molecule has 2 fully saturated rings. The number of hydrazine groups is 1. The molecule has 0 spiro atoms. The molecule has 0 aromatic heterocycles. The van der Waals surface area contributed by atoms with Crippen LogP contribution in [-0.2, 0) is 9.53 Å². The number of hydrogen-bond acceptors (Lipinski definition) is 4. The molecule has 0 aromatic rings. The first-order chi connectivity index (χ1) is 8.34. The van der Waals surface area contributed by atoms with Gasteiger partial charge in [-0.05, 0) is 25.8 Å². The number of carbonyl (C=O) groups is 1. The van der Waals surface area contributed by atoms with Gasteiger partial charge in [-0.25, -0.2) is 5.01 Å². The van der Waals surface area contributed by atoms with Crippen molar-refractivity contribution in [3.8, 4) is 0 Å². The minimum Gasteiger partial charge on any atom is -0.379 e. The molecule has 2 rings (SSSR count). The summed E-state index contributed by atoms with van der Waals surface area (Å²) in [6.07, 6.45) is 5.36. The van der Waals surface area contributed by atoms with Gasteiger partial charge in [-0.3, -0.25) is 10.2 Å². The molecular formula is C12H23N3O2. The van der Waals surface area contributed by atoms with Crippen molar-refractivity contribution in [3.05, 3.63) is 0 Å². The molecule has 1 atom stereocenters. The van der Waals surface area contributed by atoms with Crippen LogP contribution in [0.5, 0.6) is 0 Å². The highest BCUT2D eigenvalue weighted by molar-refractivity contribution is 5.75. The fraction of sp³-hybridized carbons (Fsp3) is 0.917. The van der Waals surface area contributed by atoms with E-state index >= 15 is 0 Å². The summed E-state index contributed by atoms with van der Waals surface area (Å²) in [5.74, 6) is 0.138. The van der Waals surface area contributed by atoms with Crippen LogP contribution in [-0.4, -0.2) is 49.8 Å². The number of ether oxygens (including phenoxy) is 1. The van der Waals surface area contributed by atoms with Gasteiger partial charge in [-0.15, -0.1) is 0 Å². The Kier molecular flexibility index (Phi) is 5.22. The van der Waals surface area contributed by atoms with Crippen molar-refractivity contribution < 1.29 is 9.53 Å². The summed E-state index contributed by atoms with van der Waals surface area (Å²) in [5, 5.41) is 5.42. The van der Waals surface area contributed by atoms with Crippen LogP contribution < -0.4 is 10.7 Å². The van der Waals surface area contributed by atoms with Crippen LogP contribution in [0.25, 0.3) is 0 Å². The third kappa shape index (κ3) is 4.61. The van der Waals surface area contributed by atoms with E-state index in [1.165, 1.54) is 19.3 Å².